The third kappa shape index (κ3) is 4.10. The van der Waals surface area contributed by atoms with Crippen LogP contribution in [0.4, 0.5) is 0 Å². The van der Waals surface area contributed by atoms with E-state index in [0.29, 0.717) is 5.56 Å². The Kier molecular flexibility index (Phi) is 5.97. The zero-order valence-corrected chi connectivity index (χ0v) is 25.0. The first-order valence-electron chi connectivity index (χ1n) is 15.6. The standard InChI is InChI=1S/C43H28N2O/c46-28-29-13-15-32(16-14-29)33-21-26-39-38-9-3-6-12-42(38)45(43(39)27-33)35-24-19-31(20-25-35)30-17-22-34(23-18-30)44-40-10-4-1-7-36(40)37-8-2-5-11-41(37)44/h1-28H. The Morgan fingerprint density at radius 3 is 1.20 bits per heavy atom. The minimum Gasteiger partial charge on any atom is -0.309 e. The molecule has 7 aromatic carbocycles. The molecule has 0 unspecified atom stereocenters. The molecule has 0 saturated heterocycles. The zero-order chi connectivity index (χ0) is 30.6. The smallest absolute Gasteiger partial charge is 0.150 e. The number of hydrogen-bond acceptors (Lipinski definition) is 1. The summed E-state index contributed by atoms with van der Waals surface area (Å²) < 4.78 is 4.70. The van der Waals surface area contributed by atoms with Crippen molar-refractivity contribution >= 4 is 49.9 Å². The molecule has 0 N–H and O–H groups in total. The van der Waals surface area contributed by atoms with Crippen molar-refractivity contribution in [1.29, 1.82) is 0 Å². The van der Waals surface area contributed by atoms with Crippen molar-refractivity contribution in [1.82, 2.24) is 9.13 Å². The van der Waals surface area contributed by atoms with Gasteiger partial charge in [-0.05, 0) is 70.8 Å². The molecular formula is C43H28N2O. The molecule has 46 heavy (non-hydrogen) atoms. The summed E-state index contributed by atoms with van der Waals surface area (Å²) in [6.07, 6.45) is 0.884. The highest BCUT2D eigenvalue weighted by Gasteiger charge is 2.14. The Morgan fingerprint density at radius 1 is 0.348 bits per heavy atom. The summed E-state index contributed by atoms with van der Waals surface area (Å²) in [4.78, 5) is 11.2. The van der Waals surface area contributed by atoms with E-state index >= 15 is 0 Å². The lowest BCUT2D eigenvalue weighted by molar-refractivity contribution is 0.112. The lowest BCUT2D eigenvalue weighted by Gasteiger charge is -2.11. The maximum absolute atomic E-state index is 11.2. The fraction of sp³-hybridized carbons (Fsp3) is 0. The molecule has 9 rings (SSSR count). The summed E-state index contributed by atoms with van der Waals surface area (Å²) in [5.74, 6) is 0. The molecule has 0 bridgehead atoms. The maximum Gasteiger partial charge on any atom is 0.150 e. The molecule has 3 nitrogen and oxygen atoms in total. The Balaban J connectivity index is 1.11. The molecule has 0 radical (unpaired) electrons. The van der Waals surface area contributed by atoms with Crippen LogP contribution in [0, 0.1) is 0 Å². The number of hydrogen-bond donors (Lipinski definition) is 0. The molecule has 0 aliphatic rings. The van der Waals surface area contributed by atoms with Gasteiger partial charge in [-0.2, -0.15) is 0 Å². The van der Waals surface area contributed by atoms with Crippen LogP contribution in [0.3, 0.4) is 0 Å². The quantitative estimate of drug-likeness (QED) is 0.184. The Hall–Kier alpha value is -6.19. The Morgan fingerprint density at radius 2 is 0.717 bits per heavy atom. The van der Waals surface area contributed by atoms with Crippen molar-refractivity contribution in [3.8, 4) is 33.6 Å². The van der Waals surface area contributed by atoms with Crippen molar-refractivity contribution in [2.45, 2.75) is 0 Å². The van der Waals surface area contributed by atoms with Crippen molar-refractivity contribution in [2.24, 2.45) is 0 Å². The van der Waals surface area contributed by atoms with E-state index in [1.165, 1.54) is 49.2 Å². The predicted octanol–water partition coefficient (Wildman–Crippen LogP) is 11.0. The van der Waals surface area contributed by atoms with Gasteiger partial charge in [-0.15, -0.1) is 0 Å². The SMILES string of the molecule is O=Cc1ccc(-c2ccc3c4ccccc4n(-c4ccc(-c5ccc(-n6c7ccccc7c7ccccc76)cc5)cc4)c3c2)cc1. The fourth-order valence-electron chi connectivity index (χ4n) is 6.99. The molecule has 3 heteroatoms. The lowest BCUT2D eigenvalue weighted by atomic mass is 10.0. The van der Waals surface area contributed by atoms with Gasteiger partial charge in [0.1, 0.15) is 6.29 Å². The minimum atomic E-state index is 0.681. The highest BCUT2D eigenvalue weighted by molar-refractivity contribution is 6.11. The van der Waals surface area contributed by atoms with E-state index in [0.717, 1.165) is 34.3 Å². The van der Waals surface area contributed by atoms with Crippen LogP contribution in [-0.4, -0.2) is 15.4 Å². The summed E-state index contributed by atoms with van der Waals surface area (Å²) in [6, 6.07) is 58.0. The van der Waals surface area contributed by atoms with E-state index in [-0.39, 0.29) is 0 Å². The zero-order valence-electron chi connectivity index (χ0n) is 25.0. The van der Waals surface area contributed by atoms with Gasteiger partial charge in [0, 0.05) is 38.5 Å². The van der Waals surface area contributed by atoms with Crippen LogP contribution in [0.15, 0.2) is 164 Å². The van der Waals surface area contributed by atoms with Crippen LogP contribution in [-0.2, 0) is 0 Å². The molecule has 0 saturated carbocycles. The fourth-order valence-corrected chi connectivity index (χ4v) is 6.99. The van der Waals surface area contributed by atoms with Gasteiger partial charge in [-0.25, -0.2) is 0 Å². The molecule has 0 aliphatic carbocycles. The monoisotopic (exact) mass is 588 g/mol. The van der Waals surface area contributed by atoms with Crippen molar-refractivity contribution in [3.63, 3.8) is 0 Å². The van der Waals surface area contributed by atoms with Gasteiger partial charge in [0.25, 0.3) is 0 Å². The number of aromatic nitrogens is 2. The van der Waals surface area contributed by atoms with Gasteiger partial charge >= 0.3 is 0 Å². The van der Waals surface area contributed by atoms with Gasteiger partial charge in [0.15, 0.2) is 0 Å². The normalized spacial score (nSPS) is 11.6. The number of nitrogens with zero attached hydrogens (tertiary/aromatic N) is 2. The molecule has 2 aromatic heterocycles. The summed E-state index contributed by atoms with van der Waals surface area (Å²) in [5, 5.41) is 4.98. The number of carbonyl (C=O) groups excluding carboxylic acids is 1. The topological polar surface area (TPSA) is 26.9 Å². The summed E-state index contributed by atoms with van der Waals surface area (Å²) in [5.41, 5.74) is 12.3. The van der Waals surface area contributed by atoms with Crippen LogP contribution in [0.1, 0.15) is 10.4 Å². The molecule has 2 heterocycles. The highest BCUT2D eigenvalue weighted by Crippen LogP contribution is 2.36. The third-order valence-corrected chi connectivity index (χ3v) is 9.22. The molecule has 9 aromatic rings. The van der Waals surface area contributed by atoms with E-state index < -0.39 is 0 Å². The average Bonchev–Trinajstić information content (AvgIpc) is 3.64. The van der Waals surface area contributed by atoms with Crippen LogP contribution in [0.5, 0.6) is 0 Å². The summed E-state index contributed by atoms with van der Waals surface area (Å²) in [7, 11) is 0. The first-order chi connectivity index (χ1) is 22.8. The van der Waals surface area contributed by atoms with E-state index in [2.05, 4.69) is 149 Å². The molecule has 0 fully saturated rings. The van der Waals surface area contributed by atoms with E-state index in [1.807, 2.05) is 24.3 Å². The molecule has 216 valence electrons. The molecule has 0 spiro atoms. The lowest BCUT2D eigenvalue weighted by Crippen LogP contribution is -1.95. The van der Waals surface area contributed by atoms with Crippen LogP contribution in [0.2, 0.25) is 0 Å². The number of rotatable bonds is 5. The first-order valence-corrected chi connectivity index (χ1v) is 15.6. The van der Waals surface area contributed by atoms with Crippen molar-refractivity contribution in [2.75, 3.05) is 0 Å². The second-order valence-corrected chi connectivity index (χ2v) is 11.8. The molecular weight excluding hydrogens is 560 g/mol. The second-order valence-electron chi connectivity index (χ2n) is 11.8. The minimum absolute atomic E-state index is 0.681. The van der Waals surface area contributed by atoms with E-state index in [1.54, 1.807) is 0 Å². The van der Waals surface area contributed by atoms with E-state index in [4.69, 9.17) is 0 Å². The predicted molar refractivity (Wildman–Crippen MR) is 191 cm³/mol. The van der Waals surface area contributed by atoms with Gasteiger partial charge in [-0.3, -0.25) is 4.79 Å². The number of para-hydroxylation sites is 3. The first kappa shape index (κ1) is 26.2. The van der Waals surface area contributed by atoms with Gasteiger partial charge < -0.3 is 9.13 Å². The summed E-state index contributed by atoms with van der Waals surface area (Å²) >= 11 is 0. The largest absolute Gasteiger partial charge is 0.309 e. The van der Waals surface area contributed by atoms with Gasteiger partial charge in [0.05, 0.1) is 22.1 Å². The second kappa shape index (κ2) is 10.5. The van der Waals surface area contributed by atoms with Gasteiger partial charge in [0.2, 0.25) is 0 Å². The molecule has 0 aliphatic heterocycles. The number of aldehydes is 1. The maximum atomic E-state index is 11.2. The van der Waals surface area contributed by atoms with Crippen LogP contribution < -0.4 is 0 Å². The highest BCUT2D eigenvalue weighted by atomic mass is 16.1. The molecule has 0 amide bonds. The van der Waals surface area contributed by atoms with Crippen LogP contribution >= 0.6 is 0 Å². The number of carbonyl (C=O) groups is 1. The van der Waals surface area contributed by atoms with E-state index in [9.17, 15) is 4.79 Å². The van der Waals surface area contributed by atoms with Crippen molar-refractivity contribution in [3.05, 3.63) is 169 Å². The summed E-state index contributed by atoms with van der Waals surface area (Å²) in [6.45, 7) is 0. The Bertz CT molecular complexity index is 2510. The average molecular weight is 589 g/mol. The molecule has 0 atom stereocenters. The van der Waals surface area contributed by atoms with Gasteiger partial charge in [-0.1, -0.05) is 115 Å². The third-order valence-electron chi connectivity index (χ3n) is 9.22. The van der Waals surface area contributed by atoms with Crippen LogP contribution in [0.25, 0.3) is 77.2 Å². The van der Waals surface area contributed by atoms with Crippen molar-refractivity contribution < 1.29 is 4.79 Å². The number of fused-ring (bicyclic) bond motifs is 6. The Labute approximate surface area is 266 Å². The number of benzene rings is 7.